The monoisotopic (exact) mass is 437 g/mol. The lowest BCUT2D eigenvalue weighted by atomic mass is 10.1. The van der Waals surface area contributed by atoms with Crippen molar-refractivity contribution in [3.8, 4) is 28.5 Å². The van der Waals surface area contributed by atoms with Gasteiger partial charge in [0.1, 0.15) is 5.75 Å². The number of aromatic nitrogens is 1. The lowest BCUT2D eigenvalue weighted by Crippen LogP contribution is -2.25. The maximum Gasteiger partial charge on any atom is 0.262 e. The molecular weight excluding hydrogens is 418 g/mol. The number of anilines is 2. The molecular formula is C22H19N3O5S. The smallest absolute Gasteiger partial charge is 0.262 e. The molecule has 1 aliphatic rings. The van der Waals surface area contributed by atoms with Gasteiger partial charge in [-0.2, -0.15) is 0 Å². The molecule has 0 atom stereocenters. The van der Waals surface area contributed by atoms with E-state index in [-0.39, 0.29) is 18.4 Å². The third kappa shape index (κ3) is 4.67. The van der Waals surface area contributed by atoms with Crippen LogP contribution in [0.3, 0.4) is 0 Å². The number of hydrogen-bond acceptors (Lipinski definition) is 7. The number of fused-ring (bicyclic) bond motifs is 1. The highest BCUT2D eigenvalue weighted by Crippen LogP contribution is 2.34. The van der Waals surface area contributed by atoms with Gasteiger partial charge in [-0.15, -0.1) is 11.3 Å². The number of benzene rings is 2. The van der Waals surface area contributed by atoms with Crippen LogP contribution < -0.4 is 24.8 Å². The Labute approximate surface area is 182 Å². The van der Waals surface area contributed by atoms with Gasteiger partial charge in [0.05, 0.1) is 25.6 Å². The van der Waals surface area contributed by atoms with Crippen molar-refractivity contribution < 1.29 is 23.8 Å². The molecule has 0 aliphatic carbocycles. The molecule has 158 valence electrons. The maximum atomic E-state index is 12.3. The summed E-state index contributed by atoms with van der Waals surface area (Å²) in [5.41, 5.74) is 2.89. The lowest BCUT2D eigenvalue weighted by Gasteiger charge is -2.18. The van der Waals surface area contributed by atoms with E-state index < -0.39 is 0 Å². The number of carbonyl (C=O) groups is 2. The largest absolute Gasteiger partial charge is 0.493 e. The van der Waals surface area contributed by atoms with Crippen LogP contribution in [0.5, 0.6) is 17.2 Å². The van der Waals surface area contributed by atoms with Crippen LogP contribution in [-0.4, -0.2) is 37.6 Å². The first-order valence-corrected chi connectivity index (χ1v) is 10.2. The first-order chi connectivity index (χ1) is 15.1. The number of rotatable bonds is 6. The number of thiazole rings is 1. The van der Waals surface area contributed by atoms with Gasteiger partial charge in [0.15, 0.2) is 23.2 Å². The fourth-order valence-electron chi connectivity index (χ4n) is 2.98. The molecule has 1 aromatic heterocycles. The SMILES string of the molecule is COc1ccc(/C=C/C(=O)Nc2nc(-c3ccc4c(c3)NC(=O)CO4)cs2)cc1OC. The minimum absolute atomic E-state index is 0.00997. The summed E-state index contributed by atoms with van der Waals surface area (Å²) in [7, 11) is 3.12. The van der Waals surface area contributed by atoms with Crippen molar-refractivity contribution in [2.45, 2.75) is 0 Å². The van der Waals surface area contributed by atoms with Crippen molar-refractivity contribution >= 4 is 40.0 Å². The summed E-state index contributed by atoms with van der Waals surface area (Å²) >= 11 is 1.31. The normalized spacial score (nSPS) is 12.6. The highest BCUT2D eigenvalue weighted by molar-refractivity contribution is 7.14. The number of ether oxygens (including phenoxy) is 3. The highest BCUT2D eigenvalue weighted by Gasteiger charge is 2.17. The Kier molecular flexibility index (Phi) is 5.85. The second-order valence-corrected chi connectivity index (χ2v) is 7.38. The Morgan fingerprint density at radius 1 is 1.19 bits per heavy atom. The molecule has 2 amide bonds. The summed E-state index contributed by atoms with van der Waals surface area (Å²) in [6, 6.07) is 10.8. The fraction of sp³-hybridized carbons (Fsp3) is 0.136. The minimum Gasteiger partial charge on any atom is -0.493 e. The van der Waals surface area contributed by atoms with Crippen LogP contribution in [0.15, 0.2) is 47.9 Å². The number of nitrogens with zero attached hydrogens (tertiary/aromatic N) is 1. The van der Waals surface area contributed by atoms with Crippen LogP contribution in [-0.2, 0) is 9.59 Å². The third-order valence-corrected chi connectivity index (χ3v) is 5.23. The number of methoxy groups -OCH3 is 2. The lowest BCUT2D eigenvalue weighted by molar-refractivity contribution is -0.118. The maximum absolute atomic E-state index is 12.3. The van der Waals surface area contributed by atoms with Crippen molar-refractivity contribution in [2.75, 3.05) is 31.5 Å². The van der Waals surface area contributed by atoms with Gasteiger partial charge in [0.25, 0.3) is 5.91 Å². The second kappa shape index (κ2) is 8.88. The van der Waals surface area contributed by atoms with Crippen LogP contribution in [0.25, 0.3) is 17.3 Å². The molecule has 2 heterocycles. The molecule has 9 heteroatoms. The van der Waals surface area contributed by atoms with Crippen molar-refractivity contribution in [2.24, 2.45) is 0 Å². The van der Waals surface area contributed by atoms with E-state index in [1.165, 1.54) is 17.4 Å². The zero-order valence-corrected chi connectivity index (χ0v) is 17.6. The number of hydrogen-bond donors (Lipinski definition) is 2. The number of amides is 2. The third-order valence-electron chi connectivity index (χ3n) is 4.48. The van der Waals surface area contributed by atoms with Gasteiger partial charge in [0, 0.05) is 17.0 Å². The molecule has 2 N–H and O–H groups in total. The molecule has 31 heavy (non-hydrogen) atoms. The van der Waals surface area contributed by atoms with Crippen LogP contribution in [0, 0.1) is 0 Å². The topological polar surface area (TPSA) is 98.8 Å². The Morgan fingerprint density at radius 3 is 2.84 bits per heavy atom. The predicted molar refractivity (Wildman–Crippen MR) is 119 cm³/mol. The fourth-order valence-corrected chi connectivity index (χ4v) is 3.70. The molecule has 4 rings (SSSR count). The summed E-state index contributed by atoms with van der Waals surface area (Å²) in [5.74, 6) is 1.32. The Balaban J connectivity index is 1.43. The summed E-state index contributed by atoms with van der Waals surface area (Å²) in [6.07, 6.45) is 3.10. The first kappa shape index (κ1) is 20.4. The van der Waals surface area contributed by atoms with Crippen LogP contribution >= 0.6 is 11.3 Å². The average Bonchev–Trinajstić information content (AvgIpc) is 3.25. The summed E-state index contributed by atoms with van der Waals surface area (Å²) < 4.78 is 15.8. The van der Waals surface area contributed by atoms with Gasteiger partial charge in [-0.1, -0.05) is 6.07 Å². The molecule has 0 saturated carbocycles. The average molecular weight is 437 g/mol. The van der Waals surface area contributed by atoms with E-state index in [2.05, 4.69) is 15.6 Å². The second-order valence-electron chi connectivity index (χ2n) is 6.52. The van der Waals surface area contributed by atoms with Crippen molar-refractivity contribution in [3.05, 3.63) is 53.4 Å². The van der Waals surface area contributed by atoms with E-state index in [1.807, 2.05) is 17.5 Å². The standard InChI is InChI=1S/C22H19N3O5S/c1-28-18-6-3-13(9-19(18)29-2)4-8-20(26)25-22-24-16(12-31-22)14-5-7-17-15(10-14)23-21(27)11-30-17/h3-10,12H,11H2,1-2H3,(H,23,27)(H,24,25,26)/b8-4+. The van der Waals surface area contributed by atoms with E-state index in [4.69, 9.17) is 14.2 Å². The van der Waals surface area contributed by atoms with Gasteiger partial charge in [0.2, 0.25) is 5.91 Å². The molecule has 1 aliphatic heterocycles. The van der Waals surface area contributed by atoms with E-state index in [0.29, 0.717) is 33.8 Å². The Bertz CT molecular complexity index is 1170. The highest BCUT2D eigenvalue weighted by atomic mass is 32.1. The number of carbonyl (C=O) groups excluding carboxylic acids is 2. The summed E-state index contributed by atoms with van der Waals surface area (Å²) in [5, 5.41) is 7.83. The minimum atomic E-state index is -0.304. The van der Waals surface area contributed by atoms with E-state index in [9.17, 15) is 9.59 Å². The van der Waals surface area contributed by atoms with Gasteiger partial charge in [-0.3, -0.25) is 14.9 Å². The predicted octanol–water partition coefficient (Wildman–Crippen LogP) is 3.81. The van der Waals surface area contributed by atoms with Crippen LogP contribution in [0.1, 0.15) is 5.56 Å². The Hall–Kier alpha value is -3.85. The molecule has 8 nitrogen and oxygen atoms in total. The quantitative estimate of drug-likeness (QED) is 0.569. The molecule has 0 radical (unpaired) electrons. The van der Waals surface area contributed by atoms with Gasteiger partial charge >= 0.3 is 0 Å². The van der Waals surface area contributed by atoms with Crippen molar-refractivity contribution in [1.29, 1.82) is 0 Å². The summed E-state index contributed by atoms with van der Waals surface area (Å²) in [6.45, 7) is 0.00997. The zero-order chi connectivity index (χ0) is 21.8. The van der Waals surface area contributed by atoms with E-state index in [0.717, 1.165) is 11.1 Å². The van der Waals surface area contributed by atoms with E-state index in [1.54, 1.807) is 44.6 Å². The molecule has 2 aromatic carbocycles. The molecule has 0 spiro atoms. The van der Waals surface area contributed by atoms with Crippen molar-refractivity contribution in [3.63, 3.8) is 0 Å². The van der Waals surface area contributed by atoms with E-state index >= 15 is 0 Å². The molecule has 0 unspecified atom stereocenters. The summed E-state index contributed by atoms with van der Waals surface area (Å²) in [4.78, 5) is 28.3. The van der Waals surface area contributed by atoms with Crippen LogP contribution in [0.4, 0.5) is 10.8 Å². The first-order valence-electron chi connectivity index (χ1n) is 9.29. The van der Waals surface area contributed by atoms with Gasteiger partial charge in [-0.05, 0) is 42.0 Å². The van der Waals surface area contributed by atoms with Crippen LogP contribution in [0.2, 0.25) is 0 Å². The molecule has 3 aromatic rings. The molecule has 0 saturated heterocycles. The zero-order valence-electron chi connectivity index (χ0n) is 16.8. The Morgan fingerprint density at radius 2 is 2.03 bits per heavy atom. The molecule has 0 fully saturated rings. The molecule has 0 bridgehead atoms. The number of nitrogens with one attached hydrogen (secondary N) is 2. The van der Waals surface area contributed by atoms with Crippen molar-refractivity contribution in [1.82, 2.24) is 4.98 Å². The van der Waals surface area contributed by atoms with Gasteiger partial charge < -0.3 is 19.5 Å². The van der Waals surface area contributed by atoms with Gasteiger partial charge in [-0.25, -0.2) is 4.98 Å².